The van der Waals surface area contributed by atoms with Crippen LogP contribution in [0, 0.1) is 0 Å². The van der Waals surface area contributed by atoms with Crippen LogP contribution < -0.4 is 9.44 Å². The minimum absolute atomic E-state index is 0.0437. The molecule has 1 aromatic carbocycles. The summed E-state index contributed by atoms with van der Waals surface area (Å²) in [6.07, 6.45) is 5.95. The monoisotopic (exact) mass is 388 g/mol. The van der Waals surface area contributed by atoms with Crippen LogP contribution in [0.25, 0.3) is 0 Å². The van der Waals surface area contributed by atoms with Gasteiger partial charge >= 0.3 is 0 Å². The van der Waals surface area contributed by atoms with E-state index in [4.69, 9.17) is 0 Å². The maximum absolute atomic E-state index is 12.3. The molecule has 8 heteroatoms. The van der Waals surface area contributed by atoms with E-state index < -0.39 is 20.0 Å². The molecule has 0 heterocycles. The van der Waals surface area contributed by atoms with Crippen molar-refractivity contribution in [2.75, 3.05) is 12.3 Å². The second-order valence-electron chi connectivity index (χ2n) is 6.56. The van der Waals surface area contributed by atoms with Crippen LogP contribution in [-0.2, 0) is 26.5 Å². The summed E-state index contributed by atoms with van der Waals surface area (Å²) in [5, 5.41) is 0. The third-order valence-corrected chi connectivity index (χ3v) is 7.42. The summed E-state index contributed by atoms with van der Waals surface area (Å²) in [6.45, 7) is 2.27. The van der Waals surface area contributed by atoms with E-state index in [0.29, 0.717) is 19.4 Å². The van der Waals surface area contributed by atoms with Gasteiger partial charge in [-0.15, -0.1) is 0 Å². The number of hydrogen-bond acceptors (Lipinski definition) is 4. The Morgan fingerprint density at radius 2 is 1.68 bits per heavy atom. The standard InChI is InChI=1S/C17H28N2O4S2/c1-2-3-14-24(20,21)18-13-12-15-8-10-17(11-9-15)25(22,23)19-16-6-4-5-7-16/h8-11,16,18-19H,2-7,12-14H2,1H3. The van der Waals surface area contributed by atoms with Crippen LogP contribution >= 0.6 is 0 Å². The lowest BCUT2D eigenvalue weighted by atomic mass is 10.2. The van der Waals surface area contributed by atoms with E-state index >= 15 is 0 Å². The van der Waals surface area contributed by atoms with Gasteiger partial charge in [0.2, 0.25) is 20.0 Å². The smallest absolute Gasteiger partial charge is 0.215 e. The summed E-state index contributed by atoms with van der Waals surface area (Å²) >= 11 is 0. The number of hydrogen-bond donors (Lipinski definition) is 2. The lowest BCUT2D eigenvalue weighted by Gasteiger charge is -2.13. The zero-order valence-electron chi connectivity index (χ0n) is 14.7. The van der Waals surface area contributed by atoms with Gasteiger partial charge < -0.3 is 0 Å². The molecule has 0 atom stereocenters. The van der Waals surface area contributed by atoms with Gasteiger partial charge in [-0.25, -0.2) is 26.3 Å². The normalized spacial score (nSPS) is 16.4. The van der Waals surface area contributed by atoms with Crippen molar-refractivity contribution in [1.29, 1.82) is 0 Å². The summed E-state index contributed by atoms with van der Waals surface area (Å²) in [6, 6.07) is 6.69. The van der Waals surface area contributed by atoms with Gasteiger partial charge in [-0.3, -0.25) is 0 Å². The predicted molar refractivity (Wildman–Crippen MR) is 99.4 cm³/mol. The minimum atomic E-state index is -3.48. The van der Waals surface area contributed by atoms with Crippen LogP contribution in [0.15, 0.2) is 29.2 Å². The Kier molecular flexibility index (Phi) is 7.42. The molecule has 6 nitrogen and oxygen atoms in total. The van der Waals surface area contributed by atoms with E-state index in [1.54, 1.807) is 24.3 Å². The Bertz CT molecular complexity index is 737. The second kappa shape index (κ2) is 9.12. The molecule has 0 spiro atoms. The van der Waals surface area contributed by atoms with Crippen molar-refractivity contribution >= 4 is 20.0 Å². The van der Waals surface area contributed by atoms with Crippen molar-refractivity contribution < 1.29 is 16.8 Å². The molecule has 0 radical (unpaired) electrons. The largest absolute Gasteiger partial charge is 0.240 e. The Hall–Kier alpha value is -0.960. The second-order valence-corrected chi connectivity index (χ2v) is 10.2. The molecular weight excluding hydrogens is 360 g/mol. The van der Waals surface area contributed by atoms with Gasteiger partial charge in [0.15, 0.2) is 0 Å². The predicted octanol–water partition coefficient (Wildman–Crippen LogP) is 2.17. The van der Waals surface area contributed by atoms with Gasteiger partial charge in [-0.1, -0.05) is 38.3 Å². The molecule has 1 fully saturated rings. The number of nitrogens with one attached hydrogen (secondary N) is 2. The third kappa shape index (κ3) is 6.69. The van der Waals surface area contributed by atoms with E-state index in [0.717, 1.165) is 37.7 Å². The molecule has 2 N–H and O–H groups in total. The maximum atomic E-state index is 12.3. The molecule has 25 heavy (non-hydrogen) atoms. The van der Waals surface area contributed by atoms with Gasteiger partial charge in [0.05, 0.1) is 10.6 Å². The minimum Gasteiger partial charge on any atom is -0.215 e. The summed E-state index contributed by atoms with van der Waals surface area (Å²) in [5.41, 5.74) is 0.901. The lowest BCUT2D eigenvalue weighted by Crippen LogP contribution is -2.32. The Morgan fingerprint density at radius 3 is 2.28 bits per heavy atom. The molecule has 0 amide bonds. The highest BCUT2D eigenvalue weighted by atomic mass is 32.2. The number of sulfonamides is 2. The first kappa shape index (κ1) is 20.4. The van der Waals surface area contributed by atoms with E-state index in [2.05, 4.69) is 9.44 Å². The molecule has 2 rings (SSSR count). The molecule has 0 saturated heterocycles. The van der Waals surface area contributed by atoms with E-state index in [-0.39, 0.29) is 16.7 Å². The van der Waals surface area contributed by atoms with Crippen molar-refractivity contribution in [3.8, 4) is 0 Å². The molecule has 0 aliphatic heterocycles. The molecule has 0 aromatic heterocycles. The third-order valence-electron chi connectivity index (χ3n) is 4.41. The zero-order valence-corrected chi connectivity index (χ0v) is 16.3. The van der Waals surface area contributed by atoms with Gasteiger partial charge in [0.25, 0.3) is 0 Å². The molecule has 0 bridgehead atoms. The van der Waals surface area contributed by atoms with Gasteiger partial charge in [0, 0.05) is 12.6 Å². The van der Waals surface area contributed by atoms with Crippen LogP contribution in [0.5, 0.6) is 0 Å². The van der Waals surface area contributed by atoms with E-state index in [9.17, 15) is 16.8 Å². The van der Waals surface area contributed by atoms with E-state index in [1.807, 2.05) is 6.92 Å². The Labute approximate surface area is 151 Å². The topological polar surface area (TPSA) is 92.3 Å². The average Bonchev–Trinajstić information content (AvgIpc) is 3.05. The molecular formula is C17H28N2O4S2. The molecule has 1 saturated carbocycles. The van der Waals surface area contributed by atoms with Gasteiger partial charge in [-0.2, -0.15) is 0 Å². The van der Waals surface area contributed by atoms with Crippen molar-refractivity contribution in [1.82, 2.24) is 9.44 Å². The van der Waals surface area contributed by atoms with Gasteiger partial charge in [-0.05, 0) is 43.4 Å². The summed E-state index contributed by atoms with van der Waals surface area (Å²) in [7, 11) is -6.69. The molecule has 1 aliphatic carbocycles. The van der Waals surface area contributed by atoms with Crippen molar-refractivity contribution in [3.63, 3.8) is 0 Å². The number of rotatable bonds is 10. The Morgan fingerprint density at radius 1 is 1.04 bits per heavy atom. The average molecular weight is 389 g/mol. The first-order valence-electron chi connectivity index (χ1n) is 8.91. The summed E-state index contributed by atoms with van der Waals surface area (Å²) in [4.78, 5) is 0.256. The fourth-order valence-electron chi connectivity index (χ4n) is 2.92. The van der Waals surface area contributed by atoms with Crippen LogP contribution in [0.4, 0.5) is 0 Å². The fourth-order valence-corrected chi connectivity index (χ4v) is 5.45. The van der Waals surface area contributed by atoms with Crippen LogP contribution in [0.1, 0.15) is 51.0 Å². The maximum Gasteiger partial charge on any atom is 0.240 e. The quantitative estimate of drug-likeness (QED) is 0.642. The van der Waals surface area contributed by atoms with Crippen LogP contribution in [0.2, 0.25) is 0 Å². The van der Waals surface area contributed by atoms with Crippen LogP contribution in [0.3, 0.4) is 0 Å². The van der Waals surface area contributed by atoms with E-state index in [1.165, 1.54) is 0 Å². The fraction of sp³-hybridized carbons (Fsp3) is 0.647. The van der Waals surface area contributed by atoms with Crippen molar-refractivity contribution in [2.45, 2.75) is 62.8 Å². The lowest BCUT2D eigenvalue weighted by molar-refractivity contribution is 0.552. The van der Waals surface area contributed by atoms with Crippen molar-refractivity contribution in [2.24, 2.45) is 0 Å². The van der Waals surface area contributed by atoms with Gasteiger partial charge in [0.1, 0.15) is 0 Å². The van der Waals surface area contributed by atoms with Crippen LogP contribution in [-0.4, -0.2) is 35.2 Å². The molecule has 1 aliphatic rings. The first-order valence-corrected chi connectivity index (χ1v) is 12.0. The molecule has 1 aromatic rings. The van der Waals surface area contributed by atoms with Crippen molar-refractivity contribution in [3.05, 3.63) is 29.8 Å². The Balaban J connectivity index is 1.87. The first-order chi connectivity index (χ1) is 11.8. The molecule has 142 valence electrons. The highest BCUT2D eigenvalue weighted by Crippen LogP contribution is 2.20. The number of unbranched alkanes of at least 4 members (excludes halogenated alkanes) is 1. The zero-order chi connectivity index (χ0) is 18.3. The number of benzene rings is 1. The highest BCUT2D eigenvalue weighted by molar-refractivity contribution is 7.89. The summed E-state index contributed by atoms with van der Waals surface area (Å²) in [5.74, 6) is 0.146. The molecule has 0 unspecified atom stereocenters. The summed E-state index contributed by atoms with van der Waals surface area (Å²) < 4.78 is 53.5. The highest BCUT2D eigenvalue weighted by Gasteiger charge is 2.22. The SMILES string of the molecule is CCCCS(=O)(=O)NCCc1ccc(S(=O)(=O)NC2CCCC2)cc1.